The molecule has 1 aromatic carbocycles. The topological polar surface area (TPSA) is 66.0 Å². The van der Waals surface area contributed by atoms with Gasteiger partial charge in [-0.15, -0.1) is 0 Å². The Morgan fingerprint density at radius 2 is 2.30 bits per heavy atom. The molecule has 0 radical (unpaired) electrons. The number of benzene rings is 1. The summed E-state index contributed by atoms with van der Waals surface area (Å²) in [5, 5.41) is 3.96. The van der Waals surface area contributed by atoms with Crippen LogP contribution < -0.4 is 0 Å². The predicted molar refractivity (Wildman–Crippen MR) is 84.4 cm³/mol. The van der Waals surface area contributed by atoms with Gasteiger partial charge in [0.05, 0.1) is 6.61 Å². The maximum atomic E-state index is 5.49. The van der Waals surface area contributed by atoms with Crippen LogP contribution in [0.1, 0.15) is 30.9 Å². The third kappa shape index (κ3) is 2.66. The van der Waals surface area contributed by atoms with Gasteiger partial charge in [-0.3, -0.25) is 0 Å². The van der Waals surface area contributed by atoms with Crippen molar-refractivity contribution >= 4 is 0 Å². The average molecular weight is 310 g/mol. The van der Waals surface area contributed by atoms with Gasteiger partial charge in [0.1, 0.15) is 5.82 Å². The minimum absolute atomic E-state index is 0.351. The number of aromatic nitrogens is 4. The molecule has 0 amide bonds. The normalized spacial score (nSPS) is 17.7. The summed E-state index contributed by atoms with van der Waals surface area (Å²) >= 11 is 0. The van der Waals surface area contributed by atoms with Crippen molar-refractivity contribution in [2.45, 2.75) is 25.7 Å². The Bertz CT molecular complexity index is 802. The molecule has 3 heterocycles. The first kappa shape index (κ1) is 14.1. The van der Waals surface area contributed by atoms with Crippen LogP contribution in [0.3, 0.4) is 0 Å². The second-order valence-corrected chi connectivity index (χ2v) is 5.64. The average Bonchev–Trinajstić information content (AvgIpc) is 3.34. The fraction of sp³-hybridized carbons (Fsp3) is 0.353. The van der Waals surface area contributed by atoms with Crippen LogP contribution in [0.2, 0.25) is 0 Å². The third-order valence-corrected chi connectivity index (χ3v) is 4.12. The standard InChI is InChI=1S/C17H18N4O2/c1-2-15-19-17(23-20-15)12-4-3-5-14(10-12)21-8-7-18-16(21)13-6-9-22-11-13/h3-5,7-8,10,13H,2,6,9,11H2,1H3/t13-/m0/s1. The van der Waals surface area contributed by atoms with Gasteiger partial charge < -0.3 is 13.8 Å². The third-order valence-electron chi connectivity index (χ3n) is 4.12. The number of aryl methyl sites for hydroxylation is 1. The van der Waals surface area contributed by atoms with Crippen molar-refractivity contribution in [1.29, 1.82) is 0 Å². The molecule has 1 saturated heterocycles. The zero-order valence-electron chi connectivity index (χ0n) is 13.0. The molecule has 6 nitrogen and oxygen atoms in total. The fourth-order valence-electron chi connectivity index (χ4n) is 2.88. The van der Waals surface area contributed by atoms with Crippen molar-refractivity contribution in [3.05, 3.63) is 48.3 Å². The highest BCUT2D eigenvalue weighted by Crippen LogP contribution is 2.27. The largest absolute Gasteiger partial charge is 0.381 e. The number of rotatable bonds is 4. The lowest BCUT2D eigenvalue weighted by Crippen LogP contribution is -2.07. The summed E-state index contributed by atoms with van der Waals surface area (Å²) in [7, 11) is 0. The van der Waals surface area contributed by atoms with Crippen LogP contribution in [0.5, 0.6) is 0 Å². The van der Waals surface area contributed by atoms with Gasteiger partial charge in [-0.05, 0) is 24.6 Å². The van der Waals surface area contributed by atoms with Gasteiger partial charge >= 0.3 is 0 Å². The second-order valence-electron chi connectivity index (χ2n) is 5.64. The molecule has 4 rings (SSSR count). The molecular weight excluding hydrogens is 292 g/mol. The van der Waals surface area contributed by atoms with Gasteiger partial charge in [-0.2, -0.15) is 4.98 Å². The summed E-state index contributed by atoms with van der Waals surface area (Å²) in [4.78, 5) is 8.92. The van der Waals surface area contributed by atoms with Crippen LogP contribution in [0, 0.1) is 0 Å². The summed E-state index contributed by atoms with van der Waals surface area (Å²) in [5.41, 5.74) is 1.95. The van der Waals surface area contributed by atoms with Gasteiger partial charge in [0, 0.05) is 42.6 Å². The lowest BCUT2D eigenvalue weighted by Gasteiger charge is -2.12. The predicted octanol–water partition coefficient (Wildman–Crippen LogP) is 2.99. The van der Waals surface area contributed by atoms with Crippen LogP contribution >= 0.6 is 0 Å². The van der Waals surface area contributed by atoms with Crippen molar-refractivity contribution in [2.75, 3.05) is 13.2 Å². The summed E-state index contributed by atoms with van der Waals surface area (Å²) < 4.78 is 12.9. The first-order valence-electron chi connectivity index (χ1n) is 7.89. The highest BCUT2D eigenvalue weighted by Gasteiger charge is 2.22. The van der Waals surface area contributed by atoms with E-state index in [1.807, 2.05) is 37.5 Å². The fourth-order valence-corrected chi connectivity index (χ4v) is 2.88. The van der Waals surface area contributed by atoms with E-state index in [4.69, 9.17) is 9.26 Å². The lowest BCUT2D eigenvalue weighted by atomic mass is 10.1. The minimum atomic E-state index is 0.351. The Morgan fingerprint density at radius 1 is 1.35 bits per heavy atom. The first-order chi connectivity index (χ1) is 11.3. The first-order valence-corrected chi connectivity index (χ1v) is 7.89. The smallest absolute Gasteiger partial charge is 0.257 e. The highest BCUT2D eigenvalue weighted by molar-refractivity contribution is 5.57. The molecule has 0 bridgehead atoms. The van der Waals surface area contributed by atoms with E-state index in [9.17, 15) is 0 Å². The number of imidazole rings is 1. The molecule has 0 saturated carbocycles. The molecule has 2 aromatic heterocycles. The van der Waals surface area contributed by atoms with E-state index < -0.39 is 0 Å². The minimum Gasteiger partial charge on any atom is -0.381 e. The van der Waals surface area contributed by atoms with Crippen LogP contribution in [0.4, 0.5) is 0 Å². The Hall–Kier alpha value is -2.47. The number of nitrogens with zero attached hydrogens (tertiary/aromatic N) is 4. The molecule has 23 heavy (non-hydrogen) atoms. The highest BCUT2D eigenvalue weighted by atomic mass is 16.5. The van der Waals surface area contributed by atoms with E-state index in [0.29, 0.717) is 11.8 Å². The molecule has 1 fully saturated rings. The second kappa shape index (κ2) is 5.96. The zero-order chi connectivity index (χ0) is 15.6. The van der Waals surface area contributed by atoms with Gasteiger partial charge in [-0.25, -0.2) is 4.98 Å². The molecule has 6 heteroatoms. The summed E-state index contributed by atoms with van der Waals surface area (Å²) in [6.07, 6.45) is 5.59. The molecule has 118 valence electrons. The van der Waals surface area contributed by atoms with Crippen LogP contribution in [0.15, 0.2) is 41.2 Å². The molecular formula is C17H18N4O2. The maximum absolute atomic E-state index is 5.49. The molecule has 1 aliphatic rings. The van der Waals surface area contributed by atoms with Crippen molar-refractivity contribution in [1.82, 2.24) is 19.7 Å². The van der Waals surface area contributed by atoms with Gasteiger partial charge in [0.15, 0.2) is 5.82 Å². The van der Waals surface area contributed by atoms with Gasteiger partial charge in [0.25, 0.3) is 5.89 Å². The monoisotopic (exact) mass is 310 g/mol. The van der Waals surface area contributed by atoms with Crippen LogP contribution in [-0.4, -0.2) is 32.9 Å². The molecule has 1 aliphatic heterocycles. The van der Waals surface area contributed by atoms with Crippen molar-refractivity contribution < 1.29 is 9.26 Å². The van der Waals surface area contributed by atoms with E-state index in [1.54, 1.807) is 0 Å². The number of hydrogen-bond donors (Lipinski definition) is 0. The van der Waals surface area contributed by atoms with E-state index in [1.165, 1.54) is 0 Å². The zero-order valence-corrected chi connectivity index (χ0v) is 13.0. The van der Waals surface area contributed by atoms with E-state index in [-0.39, 0.29) is 0 Å². The van der Waals surface area contributed by atoms with Crippen molar-refractivity contribution in [3.63, 3.8) is 0 Å². The molecule has 0 aliphatic carbocycles. The molecule has 0 unspecified atom stereocenters. The molecule has 3 aromatic rings. The van der Waals surface area contributed by atoms with Gasteiger partial charge in [-0.1, -0.05) is 18.1 Å². The van der Waals surface area contributed by atoms with E-state index >= 15 is 0 Å². The van der Waals surface area contributed by atoms with Crippen molar-refractivity contribution in [3.8, 4) is 17.1 Å². The SMILES string of the molecule is CCc1noc(-c2cccc(-n3ccnc3[C@H]3CCOC3)c2)n1. The Balaban J connectivity index is 1.70. The molecule has 0 N–H and O–H groups in total. The Kier molecular flexibility index (Phi) is 3.67. The van der Waals surface area contributed by atoms with Crippen LogP contribution in [0.25, 0.3) is 17.1 Å². The summed E-state index contributed by atoms with van der Waals surface area (Å²) in [6.45, 7) is 3.55. The molecule has 1 atom stereocenters. The summed E-state index contributed by atoms with van der Waals surface area (Å²) in [6, 6.07) is 8.08. The number of hydrogen-bond acceptors (Lipinski definition) is 5. The number of ether oxygens (including phenoxy) is 1. The Labute approximate surface area is 134 Å². The quantitative estimate of drug-likeness (QED) is 0.741. The van der Waals surface area contributed by atoms with E-state index in [2.05, 4.69) is 25.8 Å². The van der Waals surface area contributed by atoms with Gasteiger partial charge in [0.2, 0.25) is 0 Å². The van der Waals surface area contributed by atoms with Crippen molar-refractivity contribution in [2.24, 2.45) is 0 Å². The van der Waals surface area contributed by atoms with E-state index in [0.717, 1.165) is 49.0 Å². The lowest BCUT2D eigenvalue weighted by molar-refractivity contribution is 0.193. The summed E-state index contributed by atoms with van der Waals surface area (Å²) in [5.74, 6) is 2.66. The van der Waals surface area contributed by atoms with Crippen LogP contribution in [-0.2, 0) is 11.2 Å². The molecule has 0 spiro atoms. The maximum Gasteiger partial charge on any atom is 0.257 e. The Morgan fingerprint density at radius 3 is 3.09 bits per heavy atom.